The van der Waals surface area contributed by atoms with Crippen molar-refractivity contribution in [3.63, 3.8) is 0 Å². The molecule has 0 unspecified atom stereocenters. The van der Waals surface area contributed by atoms with Gasteiger partial charge >= 0.3 is 0 Å². The highest BCUT2D eigenvalue weighted by Crippen LogP contribution is 2.26. The fourth-order valence-corrected chi connectivity index (χ4v) is 1.33. The quantitative estimate of drug-likeness (QED) is 0.572. The molecule has 0 atom stereocenters. The minimum Gasteiger partial charge on any atom is -1.00 e. The molecule has 0 saturated carbocycles. The van der Waals surface area contributed by atoms with Gasteiger partial charge in [-0.3, -0.25) is 0 Å². The van der Waals surface area contributed by atoms with Crippen LogP contribution < -0.4 is 18.1 Å². The summed E-state index contributed by atoms with van der Waals surface area (Å²) in [4.78, 5) is 0. The van der Waals surface area contributed by atoms with Gasteiger partial charge in [-0.1, -0.05) is 11.6 Å². The van der Waals surface area contributed by atoms with E-state index in [-0.39, 0.29) is 12.4 Å². The molecule has 0 fully saturated rings. The summed E-state index contributed by atoms with van der Waals surface area (Å²) in [5.41, 5.74) is 8.45. The number of hydrogen-bond acceptors (Lipinski definition) is 0. The van der Waals surface area contributed by atoms with Gasteiger partial charge in [0.15, 0.2) is 0 Å². The topological polar surface area (TPSA) is 27.6 Å². The van der Waals surface area contributed by atoms with Crippen LogP contribution in [-0.4, -0.2) is 0 Å². The lowest BCUT2D eigenvalue weighted by molar-refractivity contribution is -0.255. The highest BCUT2D eigenvalue weighted by atomic mass is 35.5. The van der Waals surface area contributed by atoms with Crippen LogP contribution in [0.3, 0.4) is 0 Å². The van der Waals surface area contributed by atoms with Crippen molar-refractivity contribution in [1.82, 2.24) is 0 Å². The van der Waals surface area contributed by atoms with Gasteiger partial charge in [-0.25, -0.2) is 0 Å². The Morgan fingerprint density at radius 3 is 2.17 bits per heavy atom. The van der Waals surface area contributed by atoms with Crippen molar-refractivity contribution in [2.45, 2.75) is 20.8 Å². The third-order valence-electron chi connectivity index (χ3n) is 2.11. The maximum atomic E-state index is 6.03. The monoisotopic (exact) mass is 205 g/mol. The molecular weight excluding hydrogens is 193 g/mol. The van der Waals surface area contributed by atoms with Crippen LogP contribution in [0.1, 0.15) is 16.7 Å². The normalized spacial score (nSPS) is 9.42. The average Bonchev–Trinajstić information content (AvgIpc) is 1.97. The summed E-state index contributed by atoms with van der Waals surface area (Å²) in [7, 11) is 0. The van der Waals surface area contributed by atoms with Gasteiger partial charge < -0.3 is 18.1 Å². The van der Waals surface area contributed by atoms with Crippen LogP contribution >= 0.6 is 11.6 Å². The Kier molecular flexibility index (Phi) is 4.04. The van der Waals surface area contributed by atoms with Crippen LogP contribution in [-0.2, 0) is 0 Å². The third kappa shape index (κ3) is 1.92. The second kappa shape index (κ2) is 4.13. The summed E-state index contributed by atoms with van der Waals surface area (Å²) < 4.78 is 0. The lowest BCUT2D eigenvalue weighted by atomic mass is 10.0. The zero-order valence-electron chi connectivity index (χ0n) is 7.54. The number of hydrogen-bond donors (Lipinski definition) is 1. The summed E-state index contributed by atoms with van der Waals surface area (Å²) in [5, 5.41) is 0.870. The molecule has 0 amide bonds. The van der Waals surface area contributed by atoms with E-state index in [0.717, 1.165) is 21.8 Å². The molecule has 1 aromatic carbocycles. The Bertz CT molecular complexity index is 269. The molecule has 0 spiro atoms. The minimum absolute atomic E-state index is 0. The molecule has 0 saturated heterocycles. The fraction of sp³-hybridized carbons (Fsp3) is 0.333. The molecule has 1 nitrogen and oxygen atoms in total. The molecule has 0 bridgehead atoms. The van der Waals surface area contributed by atoms with Gasteiger partial charge in [-0.2, -0.15) is 0 Å². The first-order chi connectivity index (χ1) is 5.04. The maximum Gasteiger partial charge on any atom is 0.131 e. The molecule has 3 heteroatoms. The number of quaternary nitrogens is 1. The van der Waals surface area contributed by atoms with Gasteiger partial charge in [0.25, 0.3) is 0 Å². The number of halogens is 2. The van der Waals surface area contributed by atoms with Crippen molar-refractivity contribution >= 4 is 17.3 Å². The van der Waals surface area contributed by atoms with Crippen LogP contribution in [0.4, 0.5) is 5.69 Å². The van der Waals surface area contributed by atoms with Gasteiger partial charge in [0.2, 0.25) is 0 Å². The molecular formula is C9H13Cl2N. The second-order valence-corrected chi connectivity index (χ2v) is 3.29. The molecule has 0 radical (unpaired) electrons. The van der Waals surface area contributed by atoms with E-state index >= 15 is 0 Å². The zero-order chi connectivity index (χ0) is 8.59. The van der Waals surface area contributed by atoms with Crippen molar-refractivity contribution in [3.8, 4) is 0 Å². The second-order valence-electron chi connectivity index (χ2n) is 2.92. The molecule has 0 heterocycles. The van der Waals surface area contributed by atoms with Gasteiger partial charge in [-0.05, 0) is 31.9 Å². The van der Waals surface area contributed by atoms with E-state index in [2.05, 4.69) is 5.73 Å². The Morgan fingerprint density at radius 1 is 1.17 bits per heavy atom. The Labute approximate surface area is 84.3 Å². The highest BCUT2D eigenvalue weighted by molar-refractivity contribution is 6.32. The van der Waals surface area contributed by atoms with Crippen LogP contribution in [0.5, 0.6) is 0 Å². The van der Waals surface area contributed by atoms with Gasteiger partial charge in [-0.15, -0.1) is 0 Å². The van der Waals surface area contributed by atoms with Crippen LogP contribution in [0.25, 0.3) is 0 Å². The first-order valence-electron chi connectivity index (χ1n) is 3.62. The van der Waals surface area contributed by atoms with Crippen LogP contribution in [0.2, 0.25) is 5.02 Å². The number of benzene rings is 1. The van der Waals surface area contributed by atoms with E-state index in [1.165, 1.54) is 5.56 Å². The summed E-state index contributed by atoms with van der Waals surface area (Å²) in [6, 6.07) is 2.02. The van der Waals surface area contributed by atoms with E-state index in [9.17, 15) is 0 Å². The Morgan fingerprint density at radius 2 is 1.67 bits per heavy atom. The third-order valence-corrected chi connectivity index (χ3v) is 2.69. The van der Waals surface area contributed by atoms with E-state index < -0.39 is 0 Å². The largest absolute Gasteiger partial charge is 1.00 e. The predicted octanol–water partition coefficient (Wildman–Crippen LogP) is -0.857. The van der Waals surface area contributed by atoms with Crippen molar-refractivity contribution in [2.75, 3.05) is 0 Å². The first-order valence-corrected chi connectivity index (χ1v) is 4.00. The molecule has 12 heavy (non-hydrogen) atoms. The SMILES string of the molecule is Cc1cc([NH3+])c(C)c(C)c1Cl.[Cl-]. The summed E-state index contributed by atoms with van der Waals surface area (Å²) in [6.07, 6.45) is 0. The summed E-state index contributed by atoms with van der Waals surface area (Å²) >= 11 is 6.03. The summed E-state index contributed by atoms with van der Waals surface area (Å²) in [5.74, 6) is 0. The first kappa shape index (κ1) is 11.8. The summed E-state index contributed by atoms with van der Waals surface area (Å²) in [6.45, 7) is 6.08. The molecule has 0 aliphatic rings. The maximum absolute atomic E-state index is 6.03. The molecule has 3 N–H and O–H groups in total. The fourth-order valence-electron chi connectivity index (χ4n) is 1.13. The molecule has 1 rings (SSSR count). The molecule has 0 aliphatic carbocycles. The Hall–Kier alpha value is -0.240. The van der Waals surface area contributed by atoms with Crippen molar-refractivity contribution < 1.29 is 18.1 Å². The van der Waals surface area contributed by atoms with Crippen LogP contribution in [0.15, 0.2) is 6.07 Å². The number of aryl methyl sites for hydroxylation is 1. The van der Waals surface area contributed by atoms with E-state index in [4.69, 9.17) is 11.6 Å². The number of rotatable bonds is 0. The lowest BCUT2D eigenvalue weighted by Gasteiger charge is -2.06. The van der Waals surface area contributed by atoms with Gasteiger partial charge in [0.1, 0.15) is 5.69 Å². The predicted molar refractivity (Wildman–Crippen MR) is 48.2 cm³/mol. The smallest absolute Gasteiger partial charge is 0.131 e. The standard InChI is InChI=1S/C9H12ClN.ClH/c1-5-4-8(11)6(2)7(3)9(5)10;/h4H,11H2,1-3H3;1H. The van der Waals surface area contributed by atoms with Crippen LogP contribution in [0, 0.1) is 20.8 Å². The zero-order valence-corrected chi connectivity index (χ0v) is 9.05. The molecule has 68 valence electrons. The molecule has 1 aromatic rings. The van der Waals surface area contributed by atoms with E-state index in [1.54, 1.807) is 0 Å². The Balaban J connectivity index is 0.00000121. The van der Waals surface area contributed by atoms with Gasteiger partial charge in [0.05, 0.1) is 0 Å². The average molecular weight is 206 g/mol. The molecule has 0 aromatic heterocycles. The lowest BCUT2D eigenvalue weighted by Crippen LogP contribution is -3.00. The minimum atomic E-state index is 0. The van der Waals surface area contributed by atoms with Crippen molar-refractivity contribution in [3.05, 3.63) is 27.8 Å². The molecule has 0 aliphatic heterocycles. The highest BCUT2D eigenvalue weighted by Gasteiger charge is 2.07. The van der Waals surface area contributed by atoms with Crippen molar-refractivity contribution in [2.24, 2.45) is 0 Å². The van der Waals surface area contributed by atoms with Crippen molar-refractivity contribution in [1.29, 1.82) is 0 Å². The van der Waals surface area contributed by atoms with Gasteiger partial charge in [0, 0.05) is 16.7 Å². The van der Waals surface area contributed by atoms with E-state index in [0.29, 0.717) is 0 Å². The van der Waals surface area contributed by atoms with E-state index in [1.807, 2.05) is 26.8 Å².